The van der Waals surface area contributed by atoms with Crippen LogP contribution in [0.4, 0.5) is 5.82 Å². The third-order valence-corrected chi connectivity index (χ3v) is 7.01. The van der Waals surface area contributed by atoms with Gasteiger partial charge in [0.2, 0.25) is 5.91 Å². The van der Waals surface area contributed by atoms with Gasteiger partial charge in [-0.1, -0.05) is 19.9 Å². The highest BCUT2D eigenvalue weighted by atomic mass is 32.1. The molecule has 2 fully saturated rings. The van der Waals surface area contributed by atoms with E-state index in [2.05, 4.69) is 23.7 Å². The fourth-order valence-corrected chi connectivity index (χ4v) is 4.99. The first-order chi connectivity index (χ1) is 14.9. The Labute approximate surface area is 188 Å². The molecule has 2 aromatic heterocycles. The van der Waals surface area contributed by atoms with E-state index in [-0.39, 0.29) is 17.7 Å². The van der Waals surface area contributed by atoms with Gasteiger partial charge in [-0.15, -0.1) is 11.3 Å². The van der Waals surface area contributed by atoms with Crippen molar-refractivity contribution in [3.8, 4) is 0 Å². The van der Waals surface area contributed by atoms with E-state index >= 15 is 0 Å². The van der Waals surface area contributed by atoms with Gasteiger partial charge in [0.25, 0.3) is 5.91 Å². The maximum absolute atomic E-state index is 13.1. The van der Waals surface area contributed by atoms with Gasteiger partial charge in [0, 0.05) is 62.9 Å². The van der Waals surface area contributed by atoms with Crippen LogP contribution in [0.3, 0.4) is 0 Å². The summed E-state index contributed by atoms with van der Waals surface area (Å²) in [6.07, 6.45) is 1.50. The van der Waals surface area contributed by atoms with E-state index in [9.17, 15) is 9.59 Å². The molecule has 0 aliphatic carbocycles. The standard InChI is InChI=1S/C23H31N5O2S/c1-16(2)21-24-17(3)15-20(25-21)26-10-12-28(13-11-26)22(29)18-6-8-27(9-7-18)23(30)19-5-4-14-31-19/h4-5,14-16,18H,6-13H2,1-3H3. The summed E-state index contributed by atoms with van der Waals surface area (Å²) in [5.74, 6) is 2.48. The monoisotopic (exact) mass is 441 g/mol. The highest BCUT2D eigenvalue weighted by Crippen LogP contribution is 2.24. The lowest BCUT2D eigenvalue weighted by molar-refractivity contribution is -0.137. The predicted molar refractivity (Wildman–Crippen MR) is 123 cm³/mol. The van der Waals surface area contributed by atoms with Gasteiger partial charge in [-0.2, -0.15) is 0 Å². The SMILES string of the molecule is Cc1cc(N2CCN(C(=O)C3CCN(C(=O)c4cccs4)CC3)CC2)nc(C(C)C)n1. The number of aryl methyl sites for hydroxylation is 1. The number of nitrogens with zero attached hydrogens (tertiary/aromatic N) is 5. The number of aromatic nitrogens is 2. The molecule has 0 atom stereocenters. The van der Waals surface area contributed by atoms with Crippen LogP contribution in [0.5, 0.6) is 0 Å². The molecule has 0 bridgehead atoms. The van der Waals surface area contributed by atoms with Crippen molar-refractivity contribution in [1.82, 2.24) is 19.8 Å². The molecule has 8 heteroatoms. The molecule has 0 saturated carbocycles. The van der Waals surface area contributed by atoms with Crippen LogP contribution in [0.15, 0.2) is 23.6 Å². The summed E-state index contributed by atoms with van der Waals surface area (Å²) in [7, 11) is 0. The number of piperidine rings is 1. The molecule has 0 unspecified atom stereocenters. The molecule has 0 spiro atoms. The number of anilines is 1. The second-order valence-electron chi connectivity index (χ2n) is 8.74. The van der Waals surface area contributed by atoms with Crippen molar-refractivity contribution < 1.29 is 9.59 Å². The first-order valence-corrected chi connectivity index (χ1v) is 12.0. The van der Waals surface area contributed by atoms with Gasteiger partial charge in [0.1, 0.15) is 11.6 Å². The largest absolute Gasteiger partial charge is 0.353 e. The van der Waals surface area contributed by atoms with Gasteiger partial charge in [-0.3, -0.25) is 9.59 Å². The maximum atomic E-state index is 13.1. The Hall–Kier alpha value is -2.48. The minimum Gasteiger partial charge on any atom is -0.353 e. The quantitative estimate of drug-likeness (QED) is 0.729. The van der Waals surface area contributed by atoms with Crippen molar-refractivity contribution in [2.45, 2.75) is 39.5 Å². The Kier molecular flexibility index (Phi) is 6.55. The first kappa shape index (κ1) is 21.7. The van der Waals surface area contributed by atoms with Crippen LogP contribution >= 0.6 is 11.3 Å². The van der Waals surface area contributed by atoms with Crippen LogP contribution in [0, 0.1) is 12.8 Å². The third-order valence-electron chi connectivity index (χ3n) is 6.15. The second-order valence-corrected chi connectivity index (χ2v) is 9.68. The smallest absolute Gasteiger partial charge is 0.263 e. The van der Waals surface area contributed by atoms with E-state index < -0.39 is 0 Å². The van der Waals surface area contributed by atoms with Crippen molar-refractivity contribution in [2.24, 2.45) is 5.92 Å². The van der Waals surface area contributed by atoms with Gasteiger partial charge in [-0.05, 0) is 31.2 Å². The van der Waals surface area contributed by atoms with Crippen LogP contribution in [0.2, 0.25) is 0 Å². The molecule has 2 aliphatic rings. The molecule has 0 aromatic carbocycles. The third kappa shape index (κ3) is 4.89. The highest BCUT2D eigenvalue weighted by molar-refractivity contribution is 7.12. The van der Waals surface area contributed by atoms with Gasteiger partial charge in [0.05, 0.1) is 4.88 Å². The molecular formula is C23H31N5O2S. The Morgan fingerprint density at radius 1 is 1.03 bits per heavy atom. The molecular weight excluding hydrogens is 410 g/mol. The minimum atomic E-state index is 0.0211. The number of thiophene rings is 1. The van der Waals surface area contributed by atoms with Crippen LogP contribution in [0.25, 0.3) is 0 Å². The Bertz CT molecular complexity index is 914. The van der Waals surface area contributed by atoms with E-state index in [1.54, 1.807) is 0 Å². The van der Waals surface area contributed by atoms with Crippen LogP contribution in [-0.4, -0.2) is 70.9 Å². The van der Waals surface area contributed by atoms with Crippen LogP contribution < -0.4 is 4.90 Å². The number of hydrogen-bond acceptors (Lipinski definition) is 6. The Morgan fingerprint density at radius 2 is 1.74 bits per heavy atom. The summed E-state index contributed by atoms with van der Waals surface area (Å²) in [6.45, 7) is 10.5. The van der Waals surface area contributed by atoms with E-state index in [4.69, 9.17) is 4.98 Å². The predicted octanol–water partition coefficient (Wildman–Crippen LogP) is 3.17. The maximum Gasteiger partial charge on any atom is 0.263 e. The fourth-order valence-electron chi connectivity index (χ4n) is 4.29. The van der Waals surface area contributed by atoms with E-state index in [1.807, 2.05) is 40.3 Å². The lowest BCUT2D eigenvalue weighted by Crippen LogP contribution is -2.52. The molecule has 4 rings (SSSR count). The molecule has 0 N–H and O–H groups in total. The van der Waals surface area contributed by atoms with E-state index in [0.717, 1.165) is 48.1 Å². The first-order valence-electron chi connectivity index (χ1n) is 11.1. The number of carbonyl (C=O) groups excluding carboxylic acids is 2. The molecule has 166 valence electrons. The molecule has 2 amide bonds. The molecule has 2 aliphatic heterocycles. The van der Waals surface area contributed by atoms with Crippen molar-refractivity contribution in [1.29, 1.82) is 0 Å². The number of amides is 2. The second kappa shape index (κ2) is 9.34. The van der Waals surface area contributed by atoms with Gasteiger partial charge in [-0.25, -0.2) is 9.97 Å². The van der Waals surface area contributed by atoms with Gasteiger partial charge >= 0.3 is 0 Å². The van der Waals surface area contributed by atoms with E-state index in [0.29, 0.717) is 32.1 Å². The summed E-state index contributed by atoms with van der Waals surface area (Å²) in [4.78, 5) is 41.8. The highest BCUT2D eigenvalue weighted by Gasteiger charge is 2.32. The molecule has 7 nitrogen and oxygen atoms in total. The van der Waals surface area contributed by atoms with Gasteiger partial charge in [0.15, 0.2) is 0 Å². The normalized spacial score (nSPS) is 18.0. The molecule has 2 saturated heterocycles. The topological polar surface area (TPSA) is 69.6 Å². The molecule has 0 radical (unpaired) electrons. The van der Waals surface area contributed by atoms with Crippen molar-refractivity contribution in [3.63, 3.8) is 0 Å². The lowest BCUT2D eigenvalue weighted by atomic mass is 9.95. The zero-order valence-electron chi connectivity index (χ0n) is 18.6. The van der Waals surface area contributed by atoms with Crippen LogP contribution in [-0.2, 0) is 4.79 Å². The average Bonchev–Trinajstić information content (AvgIpc) is 3.33. The van der Waals surface area contributed by atoms with Crippen molar-refractivity contribution in [3.05, 3.63) is 40.0 Å². The zero-order valence-corrected chi connectivity index (χ0v) is 19.4. The average molecular weight is 442 g/mol. The van der Waals surface area contributed by atoms with Crippen molar-refractivity contribution >= 4 is 29.0 Å². The summed E-state index contributed by atoms with van der Waals surface area (Å²) in [5, 5.41) is 1.93. The summed E-state index contributed by atoms with van der Waals surface area (Å²) >= 11 is 1.48. The molecule has 2 aromatic rings. The number of rotatable bonds is 4. The Morgan fingerprint density at radius 3 is 2.35 bits per heavy atom. The van der Waals surface area contributed by atoms with Gasteiger partial charge < -0.3 is 14.7 Å². The fraction of sp³-hybridized carbons (Fsp3) is 0.565. The Balaban J connectivity index is 1.30. The zero-order chi connectivity index (χ0) is 22.0. The lowest BCUT2D eigenvalue weighted by Gasteiger charge is -2.39. The minimum absolute atomic E-state index is 0.0211. The molecule has 4 heterocycles. The summed E-state index contributed by atoms with van der Waals surface area (Å²) in [5.41, 5.74) is 0.982. The summed E-state index contributed by atoms with van der Waals surface area (Å²) < 4.78 is 0. The van der Waals surface area contributed by atoms with Crippen molar-refractivity contribution in [2.75, 3.05) is 44.2 Å². The number of likely N-dealkylation sites (tertiary alicyclic amines) is 1. The molecule has 31 heavy (non-hydrogen) atoms. The number of hydrogen-bond donors (Lipinski definition) is 0. The van der Waals surface area contributed by atoms with E-state index in [1.165, 1.54) is 11.3 Å². The van der Waals surface area contributed by atoms with Crippen LogP contribution in [0.1, 0.15) is 53.8 Å². The summed E-state index contributed by atoms with van der Waals surface area (Å²) in [6, 6.07) is 5.80. The number of piperazine rings is 1. The number of carbonyl (C=O) groups is 2.